The standard InChI is InChI=1S/C13H19F2NO3/c1-16(6-7-17-2)9-10-4-5-11(19-13(14)15)12(8-10)18-3/h4-5,8,13H,6-7,9H2,1-3H3. The third kappa shape index (κ3) is 5.40. The van der Waals surface area contributed by atoms with Crippen molar-refractivity contribution in [3.63, 3.8) is 0 Å². The summed E-state index contributed by atoms with van der Waals surface area (Å²) >= 11 is 0. The Bertz CT molecular complexity index is 388. The number of alkyl halides is 2. The molecule has 4 nitrogen and oxygen atoms in total. The van der Waals surface area contributed by atoms with Crippen LogP contribution >= 0.6 is 0 Å². The maximum absolute atomic E-state index is 12.2. The maximum Gasteiger partial charge on any atom is 0.387 e. The van der Waals surface area contributed by atoms with Gasteiger partial charge in [-0.15, -0.1) is 0 Å². The van der Waals surface area contributed by atoms with E-state index in [9.17, 15) is 8.78 Å². The van der Waals surface area contributed by atoms with E-state index >= 15 is 0 Å². The van der Waals surface area contributed by atoms with Crippen LogP contribution in [-0.2, 0) is 11.3 Å². The van der Waals surface area contributed by atoms with Crippen LogP contribution in [0.4, 0.5) is 8.78 Å². The molecule has 0 saturated heterocycles. The molecule has 0 spiro atoms. The van der Waals surface area contributed by atoms with Crippen molar-refractivity contribution in [1.29, 1.82) is 0 Å². The minimum atomic E-state index is -2.86. The first-order valence-electron chi connectivity index (χ1n) is 5.86. The van der Waals surface area contributed by atoms with E-state index in [1.54, 1.807) is 19.2 Å². The number of hydrogen-bond acceptors (Lipinski definition) is 4. The van der Waals surface area contributed by atoms with E-state index in [1.165, 1.54) is 13.2 Å². The SMILES string of the molecule is COCCN(C)Cc1ccc(OC(F)F)c(OC)c1. The van der Waals surface area contributed by atoms with Gasteiger partial charge in [-0.1, -0.05) is 6.07 Å². The molecule has 0 atom stereocenters. The van der Waals surface area contributed by atoms with Crippen molar-refractivity contribution in [2.75, 3.05) is 34.4 Å². The highest BCUT2D eigenvalue weighted by molar-refractivity contribution is 5.42. The van der Waals surface area contributed by atoms with Crippen LogP contribution in [0.15, 0.2) is 18.2 Å². The molecule has 0 unspecified atom stereocenters. The molecule has 0 aliphatic carbocycles. The van der Waals surface area contributed by atoms with Gasteiger partial charge in [0.15, 0.2) is 11.5 Å². The third-order valence-electron chi connectivity index (χ3n) is 2.57. The van der Waals surface area contributed by atoms with Crippen molar-refractivity contribution < 1.29 is 23.0 Å². The molecule has 0 aromatic heterocycles. The van der Waals surface area contributed by atoms with E-state index in [-0.39, 0.29) is 5.75 Å². The second kappa shape index (κ2) is 7.91. The number of ether oxygens (including phenoxy) is 3. The summed E-state index contributed by atoms with van der Waals surface area (Å²) in [4.78, 5) is 2.06. The second-order valence-electron chi connectivity index (χ2n) is 4.09. The van der Waals surface area contributed by atoms with Crippen molar-refractivity contribution in [3.05, 3.63) is 23.8 Å². The molecule has 0 saturated carbocycles. The van der Waals surface area contributed by atoms with Gasteiger partial charge in [0.2, 0.25) is 0 Å². The highest BCUT2D eigenvalue weighted by Crippen LogP contribution is 2.29. The van der Waals surface area contributed by atoms with E-state index in [0.717, 1.165) is 12.1 Å². The average molecular weight is 275 g/mol. The fourth-order valence-electron chi connectivity index (χ4n) is 1.64. The van der Waals surface area contributed by atoms with E-state index in [0.29, 0.717) is 18.9 Å². The lowest BCUT2D eigenvalue weighted by atomic mass is 10.2. The zero-order valence-electron chi connectivity index (χ0n) is 11.4. The molecule has 19 heavy (non-hydrogen) atoms. The van der Waals surface area contributed by atoms with Gasteiger partial charge in [-0.2, -0.15) is 8.78 Å². The smallest absolute Gasteiger partial charge is 0.387 e. The van der Waals surface area contributed by atoms with Crippen LogP contribution in [0, 0.1) is 0 Å². The molecule has 0 amide bonds. The first kappa shape index (κ1) is 15.7. The largest absolute Gasteiger partial charge is 0.493 e. The van der Waals surface area contributed by atoms with Gasteiger partial charge in [-0.25, -0.2) is 0 Å². The van der Waals surface area contributed by atoms with Crippen LogP contribution in [0.25, 0.3) is 0 Å². The molecule has 1 aromatic rings. The summed E-state index contributed by atoms with van der Waals surface area (Å²) in [5, 5.41) is 0. The molecule has 0 bridgehead atoms. The number of likely N-dealkylation sites (N-methyl/N-ethyl adjacent to an activating group) is 1. The molecule has 1 rings (SSSR count). The van der Waals surface area contributed by atoms with Crippen molar-refractivity contribution >= 4 is 0 Å². The predicted molar refractivity (Wildman–Crippen MR) is 67.8 cm³/mol. The summed E-state index contributed by atoms with van der Waals surface area (Å²) in [6.45, 7) is -0.757. The van der Waals surface area contributed by atoms with Crippen molar-refractivity contribution in [2.45, 2.75) is 13.2 Å². The number of rotatable bonds is 8. The molecule has 0 N–H and O–H groups in total. The fraction of sp³-hybridized carbons (Fsp3) is 0.538. The summed E-state index contributed by atoms with van der Waals surface area (Å²) in [5.41, 5.74) is 0.956. The zero-order chi connectivity index (χ0) is 14.3. The molecule has 1 aromatic carbocycles. The molecule has 0 aliphatic heterocycles. The third-order valence-corrected chi connectivity index (χ3v) is 2.57. The Morgan fingerprint density at radius 1 is 1.21 bits per heavy atom. The van der Waals surface area contributed by atoms with E-state index in [2.05, 4.69) is 9.64 Å². The highest BCUT2D eigenvalue weighted by Gasteiger charge is 2.11. The Kier molecular flexibility index (Phi) is 6.52. The van der Waals surface area contributed by atoms with Gasteiger partial charge in [0.05, 0.1) is 13.7 Å². The van der Waals surface area contributed by atoms with Crippen LogP contribution in [-0.4, -0.2) is 45.9 Å². The van der Waals surface area contributed by atoms with Gasteiger partial charge in [0.1, 0.15) is 0 Å². The van der Waals surface area contributed by atoms with Crippen LogP contribution in [0.1, 0.15) is 5.56 Å². The Balaban J connectivity index is 2.70. The number of methoxy groups -OCH3 is 2. The fourth-order valence-corrected chi connectivity index (χ4v) is 1.64. The molecule has 0 fully saturated rings. The summed E-state index contributed by atoms with van der Waals surface area (Å²) in [6, 6.07) is 4.93. The zero-order valence-corrected chi connectivity index (χ0v) is 11.4. The van der Waals surface area contributed by atoms with Crippen LogP contribution in [0.3, 0.4) is 0 Å². The minimum Gasteiger partial charge on any atom is -0.493 e. The first-order valence-corrected chi connectivity index (χ1v) is 5.86. The highest BCUT2D eigenvalue weighted by atomic mass is 19.3. The molecular formula is C13H19F2NO3. The second-order valence-corrected chi connectivity index (χ2v) is 4.09. The van der Waals surface area contributed by atoms with Gasteiger partial charge < -0.3 is 14.2 Å². The van der Waals surface area contributed by atoms with Crippen LogP contribution in [0.5, 0.6) is 11.5 Å². The first-order chi connectivity index (χ1) is 9.06. The van der Waals surface area contributed by atoms with Gasteiger partial charge in [0, 0.05) is 20.2 Å². The van der Waals surface area contributed by atoms with Crippen molar-refractivity contribution in [2.24, 2.45) is 0 Å². The Hall–Kier alpha value is -1.40. The Labute approximate surface area is 111 Å². The monoisotopic (exact) mass is 275 g/mol. The normalized spacial score (nSPS) is 11.1. The number of halogens is 2. The van der Waals surface area contributed by atoms with Crippen molar-refractivity contribution in [3.8, 4) is 11.5 Å². The van der Waals surface area contributed by atoms with Crippen LogP contribution in [0.2, 0.25) is 0 Å². The van der Waals surface area contributed by atoms with Gasteiger partial charge >= 0.3 is 6.61 Å². The molecule has 108 valence electrons. The summed E-state index contributed by atoms with van der Waals surface area (Å²) in [5.74, 6) is 0.346. The summed E-state index contributed by atoms with van der Waals surface area (Å²) < 4.78 is 38.8. The Morgan fingerprint density at radius 3 is 2.53 bits per heavy atom. The summed E-state index contributed by atoms with van der Waals surface area (Å²) in [7, 11) is 5.02. The minimum absolute atomic E-state index is 0.0424. The van der Waals surface area contributed by atoms with Gasteiger partial charge in [0.25, 0.3) is 0 Å². The van der Waals surface area contributed by atoms with E-state index in [1.807, 2.05) is 7.05 Å². The number of hydrogen-bond donors (Lipinski definition) is 0. The predicted octanol–water partition coefficient (Wildman–Crippen LogP) is 2.37. The molecule has 0 radical (unpaired) electrons. The van der Waals surface area contributed by atoms with Gasteiger partial charge in [-0.05, 0) is 24.7 Å². The lowest BCUT2D eigenvalue weighted by Crippen LogP contribution is -2.22. The van der Waals surface area contributed by atoms with E-state index < -0.39 is 6.61 Å². The molecular weight excluding hydrogens is 256 g/mol. The molecule has 0 aliphatic rings. The lowest BCUT2D eigenvalue weighted by molar-refractivity contribution is -0.0512. The number of nitrogens with zero attached hydrogens (tertiary/aromatic N) is 1. The van der Waals surface area contributed by atoms with Crippen LogP contribution < -0.4 is 9.47 Å². The number of benzene rings is 1. The topological polar surface area (TPSA) is 30.9 Å². The van der Waals surface area contributed by atoms with Gasteiger partial charge in [-0.3, -0.25) is 4.90 Å². The average Bonchev–Trinajstić information content (AvgIpc) is 2.37. The lowest BCUT2D eigenvalue weighted by Gasteiger charge is -2.17. The summed E-state index contributed by atoms with van der Waals surface area (Å²) in [6.07, 6.45) is 0. The Morgan fingerprint density at radius 2 is 1.95 bits per heavy atom. The van der Waals surface area contributed by atoms with E-state index in [4.69, 9.17) is 9.47 Å². The van der Waals surface area contributed by atoms with Crippen molar-refractivity contribution in [1.82, 2.24) is 4.90 Å². The maximum atomic E-state index is 12.2. The molecule has 6 heteroatoms. The molecule has 0 heterocycles. The quantitative estimate of drug-likeness (QED) is 0.729.